The second-order valence-corrected chi connectivity index (χ2v) is 14.6. The molecule has 1 saturated carbocycles. The third kappa shape index (κ3) is 8.11. The van der Waals surface area contributed by atoms with E-state index < -0.39 is 17.1 Å². The summed E-state index contributed by atoms with van der Waals surface area (Å²) in [5.41, 5.74) is 3.92. The van der Waals surface area contributed by atoms with Crippen molar-refractivity contribution in [1.29, 1.82) is 0 Å². The van der Waals surface area contributed by atoms with Crippen molar-refractivity contribution in [3.63, 3.8) is 0 Å². The molecule has 0 spiro atoms. The largest absolute Gasteiger partial charge is 0.497 e. The average Bonchev–Trinajstić information content (AvgIpc) is 3.39. The van der Waals surface area contributed by atoms with Gasteiger partial charge in [0.15, 0.2) is 5.78 Å². The molecule has 1 fully saturated rings. The van der Waals surface area contributed by atoms with Gasteiger partial charge in [-0.05, 0) is 105 Å². The molecule has 7 heteroatoms. The third-order valence-electron chi connectivity index (χ3n) is 11.2. The molecule has 0 saturated heterocycles. The van der Waals surface area contributed by atoms with E-state index >= 15 is 0 Å². The van der Waals surface area contributed by atoms with Crippen LogP contribution in [0.5, 0.6) is 5.75 Å². The normalized spacial score (nSPS) is 23.4. The Bertz CT molecular complexity index is 1840. The van der Waals surface area contributed by atoms with Crippen LogP contribution in [-0.4, -0.2) is 52.3 Å². The van der Waals surface area contributed by atoms with Crippen molar-refractivity contribution in [3.05, 3.63) is 143 Å². The Labute approximate surface area is 302 Å². The topological polar surface area (TPSA) is 99.1 Å². The number of ketones is 1. The van der Waals surface area contributed by atoms with Gasteiger partial charge in [0.2, 0.25) is 0 Å². The van der Waals surface area contributed by atoms with Gasteiger partial charge in [0.05, 0.1) is 25.4 Å². The summed E-state index contributed by atoms with van der Waals surface area (Å²) in [5.74, 6) is 0.483. The highest BCUT2D eigenvalue weighted by Gasteiger charge is 2.57. The summed E-state index contributed by atoms with van der Waals surface area (Å²) in [6.07, 6.45) is 6.11. The molecule has 3 aliphatic rings. The van der Waals surface area contributed by atoms with E-state index in [1.165, 1.54) is 5.57 Å². The number of aliphatic hydroxyl groups excluding tert-OH is 1. The van der Waals surface area contributed by atoms with Crippen LogP contribution in [0.1, 0.15) is 90.9 Å². The molecule has 7 rings (SSSR count). The number of aliphatic hydroxyl groups is 2. The van der Waals surface area contributed by atoms with Gasteiger partial charge in [-0.25, -0.2) is 4.79 Å². The number of hydrogen-bond donors (Lipinski definition) is 3. The number of urea groups is 1. The highest BCUT2D eigenvalue weighted by atomic mass is 16.5. The SMILES string of the molecule is COc1ccc(NC(=O)N(Cc2ccccc2)C[C@]2(O)CC[C@H]3c4ccc(cc4C(=O)c4ccccc4)C[C@@H](O)CCC(C)=CCC[C@@]32C)cc1. The summed E-state index contributed by atoms with van der Waals surface area (Å²) in [4.78, 5) is 30.1. The van der Waals surface area contributed by atoms with Crippen LogP contribution in [0.15, 0.2) is 115 Å². The number of methoxy groups -OCH3 is 1. The van der Waals surface area contributed by atoms with Crippen molar-refractivity contribution in [3.8, 4) is 5.75 Å². The Morgan fingerprint density at radius 3 is 2.33 bits per heavy atom. The highest BCUT2D eigenvalue weighted by Crippen LogP contribution is 2.59. The number of allylic oxidation sites excluding steroid dienone is 2. The van der Waals surface area contributed by atoms with Gasteiger partial charge in [-0.2, -0.15) is 0 Å². The number of benzene rings is 4. The molecule has 7 nitrogen and oxygen atoms in total. The predicted molar refractivity (Wildman–Crippen MR) is 202 cm³/mol. The number of fused-ring (bicyclic) bond motifs is 8. The van der Waals surface area contributed by atoms with Crippen molar-refractivity contribution in [1.82, 2.24) is 4.90 Å². The van der Waals surface area contributed by atoms with Crippen LogP contribution in [0.25, 0.3) is 0 Å². The molecule has 2 bridgehead atoms. The number of rotatable bonds is 8. The Hall–Kier alpha value is -4.72. The van der Waals surface area contributed by atoms with Crippen LogP contribution in [0.2, 0.25) is 0 Å². The summed E-state index contributed by atoms with van der Waals surface area (Å²) in [7, 11) is 1.60. The Kier molecular flexibility index (Phi) is 11.1. The monoisotopic (exact) mass is 686 g/mol. The lowest BCUT2D eigenvalue weighted by Gasteiger charge is -2.46. The molecule has 0 radical (unpaired) electrons. The maximum absolute atomic E-state index is 14.3. The van der Waals surface area contributed by atoms with Crippen molar-refractivity contribution in [2.24, 2.45) is 5.41 Å². The van der Waals surface area contributed by atoms with Crippen LogP contribution in [0, 0.1) is 5.41 Å². The number of anilines is 1. The lowest BCUT2D eigenvalue weighted by Crippen LogP contribution is -2.54. The van der Waals surface area contributed by atoms with Crippen molar-refractivity contribution < 1.29 is 24.5 Å². The lowest BCUT2D eigenvalue weighted by molar-refractivity contribution is -0.0773. The van der Waals surface area contributed by atoms with Gasteiger partial charge >= 0.3 is 6.03 Å². The second kappa shape index (κ2) is 15.7. The zero-order valence-electron chi connectivity index (χ0n) is 30.0. The fourth-order valence-corrected chi connectivity index (χ4v) is 8.14. The summed E-state index contributed by atoms with van der Waals surface area (Å²) < 4.78 is 5.30. The molecule has 266 valence electrons. The number of nitrogens with zero attached hydrogens (tertiary/aromatic N) is 1. The van der Waals surface area contributed by atoms with E-state index in [0.29, 0.717) is 61.2 Å². The van der Waals surface area contributed by atoms with Gasteiger partial charge in [-0.15, -0.1) is 0 Å². The van der Waals surface area contributed by atoms with E-state index in [4.69, 9.17) is 4.74 Å². The lowest BCUT2D eigenvalue weighted by atomic mass is 9.64. The molecule has 0 aliphatic heterocycles. The zero-order chi connectivity index (χ0) is 36.0. The number of nitrogens with one attached hydrogen (secondary N) is 1. The first-order valence-electron chi connectivity index (χ1n) is 18.1. The van der Waals surface area contributed by atoms with E-state index in [-0.39, 0.29) is 24.3 Å². The van der Waals surface area contributed by atoms with Crippen LogP contribution >= 0.6 is 0 Å². The fourth-order valence-electron chi connectivity index (χ4n) is 8.14. The molecule has 3 N–H and O–H groups in total. The minimum atomic E-state index is -1.26. The average molecular weight is 687 g/mol. The van der Waals surface area contributed by atoms with Crippen LogP contribution in [0.3, 0.4) is 0 Å². The molecule has 0 heterocycles. The van der Waals surface area contributed by atoms with Gasteiger partial charge < -0.3 is 25.2 Å². The first kappa shape index (κ1) is 36.1. The first-order valence-corrected chi connectivity index (χ1v) is 18.1. The number of carbonyl (C=O) groups excluding carboxylic acids is 2. The maximum Gasteiger partial charge on any atom is 0.322 e. The number of amides is 2. The summed E-state index contributed by atoms with van der Waals surface area (Å²) in [6.45, 7) is 4.69. The minimum absolute atomic E-state index is 0.0628. The van der Waals surface area contributed by atoms with Gasteiger partial charge in [-0.3, -0.25) is 4.79 Å². The highest BCUT2D eigenvalue weighted by molar-refractivity contribution is 6.10. The Morgan fingerprint density at radius 2 is 1.63 bits per heavy atom. The van der Waals surface area contributed by atoms with Crippen LogP contribution in [0.4, 0.5) is 10.5 Å². The maximum atomic E-state index is 14.3. The zero-order valence-corrected chi connectivity index (χ0v) is 30.0. The molecular weight excluding hydrogens is 636 g/mol. The van der Waals surface area contributed by atoms with E-state index in [1.54, 1.807) is 36.3 Å². The first-order chi connectivity index (χ1) is 24.6. The summed E-state index contributed by atoms with van der Waals surface area (Å²) in [6, 6.07) is 32.1. The second-order valence-electron chi connectivity index (χ2n) is 14.6. The molecular formula is C44H50N2O5. The smallest absolute Gasteiger partial charge is 0.322 e. The van der Waals surface area contributed by atoms with E-state index in [9.17, 15) is 19.8 Å². The van der Waals surface area contributed by atoms with E-state index in [0.717, 1.165) is 29.5 Å². The Morgan fingerprint density at radius 1 is 0.922 bits per heavy atom. The van der Waals surface area contributed by atoms with Gasteiger partial charge in [0, 0.05) is 28.8 Å². The minimum Gasteiger partial charge on any atom is -0.497 e. The Balaban J connectivity index is 1.40. The summed E-state index contributed by atoms with van der Waals surface area (Å²) >= 11 is 0. The van der Waals surface area contributed by atoms with E-state index in [2.05, 4.69) is 31.3 Å². The molecule has 51 heavy (non-hydrogen) atoms. The number of hydrogen-bond acceptors (Lipinski definition) is 5. The molecule has 2 amide bonds. The molecule has 3 aliphatic carbocycles. The van der Waals surface area contributed by atoms with Crippen molar-refractivity contribution >= 4 is 17.5 Å². The van der Waals surface area contributed by atoms with Gasteiger partial charge in [0.1, 0.15) is 5.75 Å². The third-order valence-corrected chi connectivity index (χ3v) is 11.2. The van der Waals surface area contributed by atoms with Gasteiger partial charge in [-0.1, -0.05) is 91.4 Å². The quantitative estimate of drug-likeness (QED) is 0.127. The molecule has 4 atom stereocenters. The van der Waals surface area contributed by atoms with Crippen LogP contribution in [-0.2, 0) is 13.0 Å². The van der Waals surface area contributed by atoms with Crippen LogP contribution < -0.4 is 10.1 Å². The molecule has 0 unspecified atom stereocenters. The number of carbonyl (C=O) groups is 2. The number of ether oxygens (including phenoxy) is 1. The van der Waals surface area contributed by atoms with E-state index in [1.807, 2.05) is 72.8 Å². The standard InChI is InChI=1S/C44H50N2O5/c1-31-11-10-25-43(2)40(38-23-17-33(27-36(47)20-16-31)28-39(38)41(48)34-14-8-5-9-15-34)24-26-44(43,50)30-46(29-32-12-6-4-7-13-32)42(49)45-35-18-21-37(51-3)22-19-35/h4-9,11-15,17-19,21-23,28,36,40,47,50H,10,16,20,24-27,29-30H2,1-3H3,(H,45,49)/t36-,40-,43-,44+/m0/s1. The fraction of sp³-hybridized carbons (Fsp3) is 0.364. The van der Waals surface area contributed by atoms with Crippen molar-refractivity contribution in [2.75, 3.05) is 19.0 Å². The molecule has 0 aromatic heterocycles. The van der Waals surface area contributed by atoms with Crippen molar-refractivity contribution in [2.45, 2.75) is 83.0 Å². The molecule has 4 aromatic carbocycles. The predicted octanol–water partition coefficient (Wildman–Crippen LogP) is 8.70. The summed E-state index contributed by atoms with van der Waals surface area (Å²) in [5, 5.41) is 27.0. The van der Waals surface area contributed by atoms with Gasteiger partial charge in [0.25, 0.3) is 0 Å². The molecule has 4 aromatic rings.